The lowest BCUT2D eigenvalue weighted by molar-refractivity contribution is -0.384. The van der Waals surface area contributed by atoms with E-state index < -0.39 is 4.92 Å². The molecule has 0 atom stereocenters. The number of nitro benzene ring substituents is 1. The van der Waals surface area contributed by atoms with E-state index in [9.17, 15) is 14.9 Å². The number of rotatable bonds is 6. The molecule has 0 aliphatic rings. The van der Waals surface area contributed by atoms with Gasteiger partial charge in [0.15, 0.2) is 11.0 Å². The number of hydrogen-bond donors (Lipinski definition) is 1. The summed E-state index contributed by atoms with van der Waals surface area (Å²) in [6, 6.07) is 11.8. The molecular weight excluding hydrogens is 425 g/mol. The van der Waals surface area contributed by atoms with Gasteiger partial charge in [-0.3, -0.25) is 14.9 Å². The van der Waals surface area contributed by atoms with Crippen LogP contribution < -0.4 is 5.32 Å². The maximum Gasteiger partial charge on any atom is 0.272 e. The molecule has 3 rings (SSSR count). The zero-order chi connectivity index (χ0) is 20.3. The first-order valence-electron chi connectivity index (χ1n) is 7.87. The molecule has 8 nitrogen and oxygen atoms in total. The van der Waals surface area contributed by atoms with Gasteiger partial charge < -0.3 is 9.88 Å². The first-order chi connectivity index (χ1) is 13.4. The molecule has 1 N–H and O–H groups in total. The normalized spacial score (nSPS) is 10.7. The van der Waals surface area contributed by atoms with Gasteiger partial charge in [-0.15, -0.1) is 10.2 Å². The highest BCUT2D eigenvalue weighted by Crippen LogP contribution is 2.35. The van der Waals surface area contributed by atoms with Crippen LogP contribution in [0.2, 0.25) is 10.0 Å². The molecule has 1 amide bonds. The fraction of sp³-hybridized carbons (Fsp3) is 0.118. The van der Waals surface area contributed by atoms with Gasteiger partial charge in [-0.05, 0) is 0 Å². The summed E-state index contributed by atoms with van der Waals surface area (Å²) in [6.45, 7) is 0. The number of non-ortho nitro benzene ring substituents is 1. The van der Waals surface area contributed by atoms with Gasteiger partial charge in [-0.1, -0.05) is 65.3 Å². The number of nitrogens with zero attached hydrogens (tertiary/aromatic N) is 4. The lowest BCUT2D eigenvalue weighted by Crippen LogP contribution is -2.15. The molecule has 0 saturated heterocycles. The third-order valence-electron chi connectivity index (χ3n) is 3.70. The van der Waals surface area contributed by atoms with Gasteiger partial charge in [0.25, 0.3) is 5.69 Å². The Balaban J connectivity index is 1.67. The Bertz CT molecular complexity index is 1020. The predicted molar refractivity (Wildman–Crippen MR) is 109 cm³/mol. The Morgan fingerprint density at radius 2 is 1.86 bits per heavy atom. The lowest BCUT2D eigenvalue weighted by Gasteiger charge is -2.09. The largest absolute Gasteiger partial charge is 0.323 e. The molecule has 1 aromatic heterocycles. The molecule has 0 unspecified atom stereocenters. The van der Waals surface area contributed by atoms with Crippen LogP contribution in [0.4, 0.5) is 11.4 Å². The second-order valence-corrected chi connectivity index (χ2v) is 7.37. The van der Waals surface area contributed by atoms with Crippen LogP contribution in [-0.4, -0.2) is 31.3 Å². The second kappa shape index (κ2) is 8.59. The third-order valence-corrected chi connectivity index (χ3v) is 5.32. The Morgan fingerprint density at radius 3 is 2.46 bits per heavy atom. The first kappa shape index (κ1) is 20.1. The van der Waals surface area contributed by atoms with E-state index in [-0.39, 0.29) is 33.1 Å². The van der Waals surface area contributed by atoms with Gasteiger partial charge in [0.1, 0.15) is 0 Å². The molecule has 0 aliphatic carbocycles. The van der Waals surface area contributed by atoms with Gasteiger partial charge >= 0.3 is 0 Å². The molecule has 1 heterocycles. The molecule has 0 aliphatic heterocycles. The SMILES string of the molecule is Cn1c(SCC(=O)Nc2c(Cl)cc([N+](=O)[O-])cc2Cl)nnc1-c1ccccc1. The fourth-order valence-electron chi connectivity index (χ4n) is 2.37. The Hall–Kier alpha value is -2.62. The van der Waals surface area contributed by atoms with E-state index in [0.29, 0.717) is 11.0 Å². The van der Waals surface area contributed by atoms with E-state index in [4.69, 9.17) is 23.2 Å². The number of anilines is 1. The molecule has 0 bridgehead atoms. The van der Waals surface area contributed by atoms with E-state index in [0.717, 1.165) is 17.7 Å². The van der Waals surface area contributed by atoms with Crippen molar-refractivity contribution < 1.29 is 9.72 Å². The standard InChI is InChI=1S/C17H13Cl2N5O3S/c1-23-16(10-5-3-2-4-6-10)21-22-17(23)28-9-14(25)20-15-12(18)7-11(24(26)27)8-13(15)19/h2-8H,9H2,1H3,(H,20,25). The number of carbonyl (C=O) groups excluding carboxylic acids is 1. The van der Waals surface area contributed by atoms with Gasteiger partial charge in [-0.2, -0.15) is 0 Å². The Kier molecular flexibility index (Phi) is 6.18. The van der Waals surface area contributed by atoms with Crippen molar-refractivity contribution in [2.24, 2.45) is 7.05 Å². The van der Waals surface area contributed by atoms with Crippen molar-refractivity contribution >= 4 is 52.2 Å². The van der Waals surface area contributed by atoms with Gasteiger partial charge in [0, 0.05) is 24.7 Å². The van der Waals surface area contributed by atoms with Crippen molar-refractivity contribution in [1.82, 2.24) is 14.8 Å². The average Bonchev–Trinajstić information content (AvgIpc) is 3.04. The van der Waals surface area contributed by atoms with E-state index >= 15 is 0 Å². The molecule has 0 saturated carbocycles. The number of hydrogen-bond acceptors (Lipinski definition) is 6. The molecular formula is C17H13Cl2N5O3S. The molecule has 0 radical (unpaired) electrons. The highest BCUT2D eigenvalue weighted by Gasteiger charge is 2.18. The van der Waals surface area contributed by atoms with Crippen LogP contribution in [0.1, 0.15) is 0 Å². The van der Waals surface area contributed by atoms with Crippen molar-refractivity contribution in [1.29, 1.82) is 0 Å². The van der Waals surface area contributed by atoms with Crippen LogP contribution in [0.5, 0.6) is 0 Å². The average molecular weight is 438 g/mol. The zero-order valence-electron chi connectivity index (χ0n) is 14.4. The number of nitrogens with one attached hydrogen (secondary N) is 1. The quantitative estimate of drug-likeness (QED) is 0.347. The number of amides is 1. The van der Waals surface area contributed by atoms with Gasteiger partial charge in [-0.25, -0.2) is 0 Å². The Labute approximate surface area is 174 Å². The molecule has 11 heteroatoms. The second-order valence-electron chi connectivity index (χ2n) is 5.61. The smallest absolute Gasteiger partial charge is 0.272 e. The molecule has 0 spiro atoms. The minimum Gasteiger partial charge on any atom is -0.323 e. The molecule has 3 aromatic rings. The van der Waals surface area contributed by atoms with Crippen LogP contribution in [0, 0.1) is 10.1 Å². The van der Waals surface area contributed by atoms with Crippen molar-refractivity contribution in [3.63, 3.8) is 0 Å². The summed E-state index contributed by atoms with van der Waals surface area (Å²) in [5.41, 5.74) is 0.788. The number of thioether (sulfide) groups is 1. The summed E-state index contributed by atoms with van der Waals surface area (Å²) in [6.07, 6.45) is 0. The number of aromatic nitrogens is 3. The van der Waals surface area contributed by atoms with Crippen molar-refractivity contribution in [2.75, 3.05) is 11.1 Å². The fourth-order valence-corrected chi connectivity index (χ4v) is 3.65. The van der Waals surface area contributed by atoms with Crippen molar-refractivity contribution in [3.05, 3.63) is 62.6 Å². The van der Waals surface area contributed by atoms with E-state index in [1.165, 1.54) is 11.8 Å². The summed E-state index contributed by atoms with van der Waals surface area (Å²) in [5, 5.41) is 22.2. The monoisotopic (exact) mass is 437 g/mol. The van der Waals surface area contributed by atoms with Crippen molar-refractivity contribution in [3.8, 4) is 11.4 Å². The zero-order valence-corrected chi connectivity index (χ0v) is 16.8. The summed E-state index contributed by atoms with van der Waals surface area (Å²) >= 11 is 13.2. The third kappa shape index (κ3) is 4.44. The van der Waals surface area contributed by atoms with Crippen LogP contribution in [0.15, 0.2) is 47.6 Å². The van der Waals surface area contributed by atoms with Crippen LogP contribution in [0.25, 0.3) is 11.4 Å². The number of benzene rings is 2. The maximum absolute atomic E-state index is 12.3. The minimum atomic E-state index is -0.613. The first-order valence-corrected chi connectivity index (χ1v) is 9.62. The minimum absolute atomic E-state index is 0.0115. The van der Waals surface area contributed by atoms with Crippen LogP contribution >= 0.6 is 35.0 Å². The van der Waals surface area contributed by atoms with E-state index in [1.54, 1.807) is 4.57 Å². The summed E-state index contributed by atoms with van der Waals surface area (Å²) < 4.78 is 1.79. The molecule has 28 heavy (non-hydrogen) atoms. The number of carbonyl (C=O) groups is 1. The summed E-state index contributed by atoms with van der Waals surface area (Å²) in [7, 11) is 1.81. The van der Waals surface area contributed by atoms with E-state index in [1.807, 2.05) is 37.4 Å². The van der Waals surface area contributed by atoms with Gasteiger partial charge in [0.05, 0.1) is 26.4 Å². The summed E-state index contributed by atoms with van der Waals surface area (Å²) in [5.74, 6) is 0.335. The molecule has 0 fully saturated rings. The van der Waals surface area contributed by atoms with E-state index in [2.05, 4.69) is 15.5 Å². The summed E-state index contributed by atoms with van der Waals surface area (Å²) in [4.78, 5) is 22.5. The topological polar surface area (TPSA) is 103 Å². The van der Waals surface area contributed by atoms with Crippen LogP contribution in [0.3, 0.4) is 0 Å². The molecule has 144 valence electrons. The highest BCUT2D eigenvalue weighted by atomic mass is 35.5. The van der Waals surface area contributed by atoms with Gasteiger partial charge in [0.2, 0.25) is 5.91 Å². The Morgan fingerprint density at radius 1 is 1.21 bits per heavy atom. The van der Waals surface area contributed by atoms with Crippen LogP contribution in [-0.2, 0) is 11.8 Å². The number of halogens is 2. The maximum atomic E-state index is 12.3. The lowest BCUT2D eigenvalue weighted by atomic mass is 10.2. The molecule has 2 aromatic carbocycles. The number of nitro groups is 1. The van der Waals surface area contributed by atoms with Crippen molar-refractivity contribution in [2.45, 2.75) is 5.16 Å². The highest BCUT2D eigenvalue weighted by molar-refractivity contribution is 7.99. The predicted octanol–water partition coefficient (Wildman–Crippen LogP) is 4.43.